The number of sulfonamides is 1. The molecule has 0 saturated carbocycles. The number of rotatable bonds is 7. The summed E-state index contributed by atoms with van der Waals surface area (Å²) < 4.78 is 28.0. The Hall–Kier alpha value is -1.47. The standard InChI is InChI=1S/C20H28N2O3S/c1-2-17-10-5-6-13-22(17)15-18(23)14-21-26(24,25)20-12-7-9-16-8-3-4-11-19(16)20/h3-4,7-9,11-12,17-18,21,23H,2,5-6,10,13-15H2,1H3/t17-,18-/m1/s1. The van der Waals surface area contributed by atoms with Gasteiger partial charge in [0.1, 0.15) is 0 Å². The third kappa shape index (κ3) is 4.43. The molecule has 0 aliphatic carbocycles. The molecule has 2 atom stereocenters. The van der Waals surface area contributed by atoms with Crippen molar-refractivity contribution in [2.24, 2.45) is 0 Å². The number of nitrogens with one attached hydrogen (secondary N) is 1. The summed E-state index contributed by atoms with van der Waals surface area (Å²) in [5, 5.41) is 11.9. The van der Waals surface area contributed by atoms with Gasteiger partial charge >= 0.3 is 0 Å². The summed E-state index contributed by atoms with van der Waals surface area (Å²) in [4.78, 5) is 2.55. The zero-order chi connectivity index (χ0) is 18.6. The molecular weight excluding hydrogens is 348 g/mol. The molecule has 0 unspecified atom stereocenters. The van der Waals surface area contributed by atoms with Gasteiger partial charge in [-0.3, -0.25) is 4.90 Å². The number of piperidine rings is 1. The fourth-order valence-corrected chi connectivity index (χ4v) is 5.11. The van der Waals surface area contributed by atoms with Crippen LogP contribution in [-0.2, 0) is 10.0 Å². The Kier molecular flexibility index (Phi) is 6.29. The van der Waals surface area contributed by atoms with Crippen molar-refractivity contribution in [3.8, 4) is 0 Å². The largest absolute Gasteiger partial charge is 0.390 e. The maximum atomic E-state index is 12.7. The number of hydrogen-bond donors (Lipinski definition) is 2. The Morgan fingerprint density at radius 1 is 1.19 bits per heavy atom. The fraction of sp³-hybridized carbons (Fsp3) is 0.500. The van der Waals surface area contributed by atoms with Gasteiger partial charge in [-0.15, -0.1) is 0 Å². The van der Waals surface area contributed by atoms with Gasteiger partial charge in [0.25, 0.3) is 0 Å². The highest BCUT2D eigenvalue weighted by molar-refractivity contribution is 7.89. The second-order valence-electron chi connectivity index (χ2n) is 7.04. The van der Waals surface area contributed by atoms with Crippen LogP contribution in [0.4, 0.5) is 0 Å². The SMILES string of the molecule is CC[C@@H]1CCCCN1C[C@H](O)CNS(=O)(=O)c1cccc2ccccc12. The van der Waals surface area contributed by atoms with Crippen molar-refractivity contribution in [2.45, 2.75) is 49.6 Å². The maximum Gasteiger partial charge on any atom is 0.241 e. The summed E-state index contributed by atoms with van der Waals surface area (Å²) in [6, 6.07) is 13.2. The Balaban J connectivity index is 1.66. The maximum absolute atomic E-state index is 12.7. The molecule has 1 saturated heterocycles. The molecule has 142 valence electrons. The molecule has 2 aromatic rings. The Morgan fingerprint density at radius 3 is 2.77 bits per heavy atom. The Morgan fingerprint density at radius 2 is 1.96 bits per heavy atom. The molecule has 26 heavy (non-hydrogen) atoms. The highest BCUT2D eigenvalue weighted by atomic mass is 32.2. The van der Waals surface area contributed by atoms with E-state index >= 15 is 0 Å². The van der Waals surface area contributed by atoms with Crippen LogP contribution in [0.15, 0.2) is 47.4 Å². The first-order chi connectivity index (χ1) is 12.5. The van der Waals surface area contributed by atoms with E-state index in [9.17, 15) is 13.5 Å². The zero-order valence-electron chi connectivity index (χ0n) is 15.3. The van der Waals surface area contributed by atoms with Crippen LogP contribution in [0.25, 0.3) is 10.8 Å². The minimum absolute atomic E-state index is 0.0263. The van der Waals surface area contributed by atoms with Crippen molar-refractivity contribution in [3.05, 3.63) is 42.5 Å². The molecule has 0 spiro atoms. The van der Waals surface area contributed by atoms with Crippen LogP contribution in [0, 0.1) is 0 Å². The van der Waals surface area contributed by atoms with Crippen LogP contribution >= 0.6 is 0 Å². The molecule has 1 aliphatic rings. The Labute approximate surface area is 156 Å². The highest BCUT2D eigenvalue weighted by Gasteiger charge is 2.24. The quantitative estimate of drug-likeness (QED) is 0.780. The minimum atomic E-state index is -3.67. The second kappa shape index (κ2) is 8.48. The summed E-state index contributed by atoms with van der Waals surface area (Å²) in [6.07, 6.45) is 3.88. The van der Waals surface area contributed by atoms with Crippen molar-refractivity contribution in [1.82, 2.24) is 9.62 Å². The molecule has 5 nitrogen and oxygen atoms in total. The van der Waals surface area contributed by atoms with Gasteiger partial charge in [-0.25, -0.2) is 13.1 Å². The lowest BCUT2D eigenvalue weighted by Gasteiger charge is -2.36. The number of likely N-dealkylation sites (tertiary alicyclic amines) is 1. The zero-order valence-corrected chi connectivity index (χ0v) is 16.1. The summed E-state index contributed by atoms with van der Waals surface area (Å²) >= 11 is 0. The Bertz CT molecular complexity index is 833. The number of aliphatic hydroxyl groups excluding tert-OH is 1. The van der Waals surface area contributed by atoms with Crippen molar-refractivity contribution in [3.63, 3.8) is 0 Å². The fourth-order valence-electron chi connectivity index (χ4n) is 3.81. The summed E-state index contributed by atoms with van der Waals surface area (Å²) in [7, 11) is -3.67. The van der Waals surface area contributed by atoms with E-state index in [-0.39, 0.29) is 11.4 Å². The lowest BCUT2D eigenvalue weighted by molar-refractivity contribution is 0.0683. The molecule has 1 fully saturated rings. The molecule has 1 heterocycles. The predicted octanol–water partition coefficient (Wildman–Crippen LogP) is 2.74. The number of nitrogens with zero attached hydrogens (tertiary/aromatic N) is 1. The summed E-state index contributed by atoms with van der Waals surface area (Å²) in [5.41, 5.74) is 0. The third-order valence-electron chi connectivity index (χ3n) is 5.21. The first kappa shape index (κ1) is 19.3. The molecule has 0 radical (unpaired) electrons. The lowest BCUT2D eigenvalue weighted by Crippen LogP contribution is -2.46. The molecule has 1 aliphatic heterocycles. The normalized spacial score (nSPS) is 20.3. The van der Waals surface area contributed by atoms with Crippen molar-refractivity contribution < 1.29 is 13.5 Å². The second-order valence-corrected chi connectivity index (χ2v) is 8.77. The molecule has 0 amide bonds. The van der Waals surface area contributed by atoms with Crippen LogP contribution < -0.4 is 4.72 Å². The summed E-state index contributed by atoms with van der Waals surface area (Å²) in [5.74, 6) is 0. The molecule has 2 N–H and O–H groups in total. The van der Waals surface area contributed by atoms with Gasteiger partial charge in [0.15, 0.2) is 0 Å². The topological polar surface area (TPSA) is 69.6 Å². The number of fused-ring (bicyclic) bond motifs is 1. The summed E-state index contributed by atoms with van der Waals surface area (Å²) in [6.45, 7) is 3.68. The van der Waals surface area contributed by atoms with E-state index in [1.54, 1.807) is 18.2 Å². The van der Waals surface area contributed by atoms with Gasteiger partial charge in [0.05, 0.1) is 11.0 Å². The third-order valence-corrected chi connectivity index (χ3v) is 6.70. The number of hydrogen-bond acceptors (Lipinski definition) is 4. The average Bonchev–Trinajstić information content (AvgIpc) is 2.66. The van der Waals surface area contributed by atoms with Gasteiger partial charge in [-0.1, -0.05) is 49.7 Å². The molecular formula is C20H28N2O3S. The number of β-amino-alcohol motifs (C(OH)–C–C–N with tert-alkyl or cyclic N) is 1. The van der Waals surface area contributed by atoms with Crippen molar-refractivity contribution >= 4 is 20.8 Å². The van der Waals surface area contributed by atoms with E-state index in [0.29, 0.717) is 18.0 Å². The smallest absolute Gasteiger partial charge is 0.241 e. The molecule has 0 bridgehead atoms. The number of benzene rings is 2. The van der Waals surface area contributed by atoms with Crippen LogP contribution in [0.3, 0.4) is 0 Å². The van der Waals surface area contributed by atoms with E-state index in [1.165, 1.54) is 6.42 Å². The first-order valence-corrected chi connectivity index (χ1v) is 10.9. The van der Waals surface area contributed by atoms with E-state index in [1.807, 2.05) is 24.3 Å². The van der Waals surface area contributed by atoms with Crippen molar-refractivity contribution in [1.29, 1.82) is 0 Å². The average molecular weight is 377 g/mol. The van der Waals surface area contributed by atoms with E-state index in [0.717, 1.165) is 31.2 Å². The molecule has 0 aromatic heterocycles. The van der Waals surface area contributed by atoms with Crippen molar-refractivity contribution in [2.75, 3.05) is 19.6 Å². The minimum Gasteiger partial charge on any atom is -0.390 e. The molecule has 3 rings (SSSR count). The van der Waals surface area contributed by atoms with E-state index in [2.05, 4.69) is 16.5 Å². The highest BCUT2D eigenvalue weighted by Crippen LogP contribution is 2.23. The van der Waals surface area contributed by atoms with Crippen LogP contribution in [0.5, 0.6) is 0 Å². The lowest BCUT2D eigenvalue weighted by atomic mass is 9.99. The van der Waals surface area contributed by atoms with Gasteiger partial charge in [0.2, 0.25) is 10.0 Å². The van der Waals surface area contributed by atoms with E-state index in [4.69, 9.17) is 0 Å². The van der Waals surface area contributed by atoms with Crippen LogP contribution in [0.2, 0.25) is 0 Å². The molecule has 2 aromatic carbocycles. The van der Waals surface area contributed by atoms with Gasteiger partial charge in [-0.05, 0) is 37.3 Å². The predicted molar refractivity (Wildman–Crippen MR) is 105 cm³/mol. The van der Waals surface area contributed by atoms with E-state index < -0.39 is 16.1 Å². The van der Waals surface area contributed by atoms with Crippen LogP contribution in [0.1, 0.15) is 32.6 Å². The van der Waals surface area contributed by atoms with Gasteiger partial charge < -0.3 is 5.11 Å². The molecule has 6 heteroatoms. The monoisotopic (exact) mass is 376 g/mol. The van der Waals surface area contributed by atoms with Gasteiger partial charge in [-0.2, -0.15) is 0 Å². The first-order valence-electron chi connectivity index (χ1n) is 9.41. The van der Waals surface area contributed by atoms with Crippen LogP contribution in [-0.4, -0.2) is 50.2 Å². The number of aliphatic hydroxyl groups is 1. The van der Waals surface area contributed by atoms with Gasteiger partial charge in [0, 0.05) is 24.5 Å².